The van der Waals surface area contributed by atoms with E-state index >= 15 is 0 Å². The first kappa shape index (κ1) is 21.1. The van der Waals surface area contributed by atoms with Crippen LogP contribution >= 0.6 is 0 Å². The van der Waals surface area contributed by atoms with Crippen molar-refractivity contribution in [2.24, 2.45) is 0 Å². The number of carbonyl (C=O) groups is 2. The molecule has 4 rings (SSSR count). The Hall–Kier alpha value is -4.19. The van der Waals surface area contributed by atoms with E-state index in [9.17, 15) is 14.7 Å². The van der Waals surface area contributed by atoms with Crippen molar-refractivity contribution in [3.05, 3.63) is 108 Å². The van der Waals surface area contributed by atoms with Gasteiger partial charge in [-0.25, -0.2) is 4.79 Å². The van der Waals surface area contributed by atoms with Gasteiger partial charge in [0.05, 0.1) is 0 Å². The molecule has 3 aromatic carbocycles. The van der Waals surface area contributed by atoms with Crippen LogP contribution in [0.25, 0.3) is 10.8 Å². The summed E-state index contributed by atoms with van der Waals surface area (Å²) < 4.78 is 5.83. The molecular formula is C26H22N2O4. The summed E-state index contributed by atoms with van der Waals surface area (Å²) >= 11 is 0. The predicted molar refractivity (Wildman–Crippen MR) is 122 cm³/mol. The Kier molecular flexibility index (Phi) is 6.41. The van der Waals surface area contributed by atoms with Crippen LogP contribution in [0.4, 0.5) is 0 Å². The number of carboxylic acids is 1. The van der Waals surface area contributed by atoms with Crippen molar-refractivity contribution >= 4 is 22.6 Å². The highest BCUT2D eigenvalue weighted by Gasteiger charge is 2.21. The number of aromatic nitrogens is 1. The maximum Gasteiger partial charge on any atom is 0.326 e. The van der Waals surface area contributed by atoms with Crippen LogP contribution in [-0.2, 0) is 17.8 Å². The zero-order valence-corrected chi connectivity index (χ0v) is 17.3. The number of amides is 1. The average Bonchev–Trinajstić information content (AvgIpc) is 2.83. The van der Waals surface area contributed by atoms with Crippen molar-refractivity contribution in [2.75, 3.05) is 0 Å². The number of rotatable bonds is 8. The molecule has 1 atom stereocenters. The van der Waals surface area contributed by atoms with Crippen molar-refractivity contribution in [3.8, 4) is 5.75 Å². The lowest BCUT2D eigenvalue weighted by molar-refractivity contribution is -0.139. The molecule has 6 nitrogen and oxygen atoms in total. The fourth-order valence-corrected chi connectivity index (χ4v) is 3.40. The third-order valence-electron chi connectivity index (χ3n) is 5.09. The van der Waals surface area contributed by atoms with E-state index in [2.05, 4.69) is 10.3 Å². The third-order valence-corrected chi connectivity index (χ3v) is 5.09. The van der Waals surface area contributed by atoms with Crippen LogP contribution in [0.15, 0.2) is 91.3 Å². The monoisotopic (exact) mass is 426 g/mol. The maximum atomic E-state index is 12.7. The van der Waals surface area contributed by atoms with Crippen LogP contribution in [0.3, 0.4) is 0 Å². The van der Waals surface area contributed by atoms with E-state index in [-0.39, 0.29) is 6.42 Å². The Balaban J connectivity index is 1.45. The van der Waals surface area contributed by atoms with E-state index in [0.717, 1.165) is 21.9 Å². The van der Waals surface area contributed by atoms with Crippen molar-refractivity contribution in [2.45, 2.75) is 19.1 Å². The zero-order chi connectivity index (χ0) is 22.3. The summed E-state index contributed by atoms with van der Waals surface area (Å²) in [5.74, 6) is -0.780. The molecule has 1 heterocycles. The number of ether oxygens (including phenoxy) is 1. The molecular weight excluding hydrogens is 404 g/mol. The van der Waals surface area contributed by atoms with E-state index < -0.39 is 17.9 Å². The van der Waals surface area contributed by atoms with E-state index in [0.29, 0.717) is 17.9 Å². The smallest absolute Gasteiger partial charge is 0.326 e. The molecule has 0 aliphatic heterocycles. The van der Waals surface area contributed by atoms with Gasteiger partial charge >= 0.3 is 5.97 Å². The summed E-state index contributed by atoms with van der Waals surface area (Å²) in [5.41, 5.74) is 2.22. The molecule has 0 bridgehead atoms. The van der Waals surface area contributed by atoms with Crippen molar-refractivity contribution in [1.29, 1.82) is 0 Å². The Morgan fingerprint density at radius 1 is 0.906 bits per heavy atom. The molecule has 0 fully saturated rings. The molecule has 0 aliphatic carbocycles. The van der Waals surface area contributed by atoms with Gasteiger partial charge in [-0.15, -0.1) is 0 Å². The van der Waals surface area contributed by atoms with E-state index in [1.807, 2.05) is 66.7 Å². The second-order valence-electron chi connectivity index (χ2n) is 7.43. The Morgan fingerprint density at radius 3 is 2.41 bits per heavy atom. The first-order valence-corrected chi connectivity index (χ1v) is 10.2. The highest BCUT2D eigenvalue weighted by Crippen LogP contribution is 2.23. The van der Waals surface area contributed by atoms with Gasteiger partial charge in [-0.2, -0.15) is 0 Å². The molecule has 2 N–H and O–H groups in total. The third kappa shape index (κ3) is 5.29. The molecule has 4 aromatic rings. The first-order valence-electron chi connectivity index (χ1n) is 10.2. The van der Waals surface area contributed by atoms with Crippen LogP contribution in [0.2, 0.25) is 0 Å². The highest BCUT2D eigenvalue weighted by molar-refractivity contribution is 6.00. The minimum Gasteiger partial charge on any atom is -0.489 e. The largest absolute Gasteiger partial charge is 0.489 e. The summed E-state index contributed by atoms with van der Waals surface area (Å²) in [4.78, 5) is 28.4. The Labute approximate surface area is 185 Å². The molecule has 0 saturated carbocycles. The normalized spacial score (nSPS) is 11.6. The van der Waals surface area contributed by atoms with E-state index in [1.165, 1.54) is 0 Å². The van der Waals surface area contributed by atoms with Gasteiger partial charge in [-0.05, 0) is 46.7 Å². The molecule has 32 heavy (non-hydrogen) atoms. The van der Waals surface area contributed by atoms with E-state index in [4.69, 9.17) is 4.74 Å². The number of benzene rings is 3. The number of carbonyl (C=O) groups excluding carboxylic acids is 1. The van der Waals surface area contributed by atoms with Gasteiger partial charge in [-0.1, -0.05) is 48.5 Å². The van der Waals surface area contributed by atoms with Gasteiger partial charge in [0.15, 0.2) is 0 Å². The number of fused-ring (bicyclic) bond motifs is 1. The van der Waals surface area contributed by atoms with Gasteiger partial charge in [-0.3, -0.25) is 9.78 Å². The number of carboxylic acid groups (broad SMARTS) is 1. The van der Waals surface area contributed by atoms with E-state index in [1.54, 1.807) is 24.5 Å². The lowest BCUT2D eigenvalue weighted by atomic mass is 10.0. The lowest BCUT2D eigenvalue weighted by Crippen LogP contribution is -2.42. The van der Waals surface area contributed by atoms with Crippen LogP contribution < -0.4 is 10.1 Å². The quantitative estimate of drug-likeness (QED) is 0.440. The minimum absolute atomic E-state index is 0.215. The number of hydrogen-bond acceptors (Lipinski definition) is 4. The van der Waals surface area contributed by atoms with Crippen LogP contribution in [0.5, 0.6) is 5.75 Å². The fourth-order valence-electron chi connectivity index (χ4n) is 3.40. The molecule has 0 saturated heterocycles. The number of aliphatic carboxylic acids is 1. The highest BCUT2D eigenvalue weighted by atomic mass is 16.5. The molecule has 1 unspecified atom stereocenters. The molecule has 1 aromatic heterocycles. The van der Waals surface area contributed by atoms with Crippen molar-refractivity contribution in [1.82, 2.24) is 10.3 Å². The van der Waals surface area contributed by atoms with Gasteiger partial charge in [0.1, 0.15) is 18.4 Å². The maximum absolute atomic E-state index is 12.7. The number of nitrogens with zero attached hydrogens (tertiary/aromatic N) is 1. The van der Waals surface area contributed by atoms with Gasteiger partial charge in [0.25, 0.3) is 5.91 Å². The van der Waals surface area contributed by atoms with Crippen molar-refractivity contribution in [3.63, 3.8) is 0 Å². The number of hydrogen-bond donors (Lipinski definition) is 2. The topological polar surface area (TPSA) is 88.5 Å². The van der Waals surface area contributed by atoms with Gasteiger partial charge in [0, 0.05) is 29.9 Å². The zero-order valence-electron chi connectivity index (χ0n) is 17.3. The van der Waals surface area contributed by atoms with Crippen LogP contribution in [0, 0.1) is 0 Å². The molecule has 0 aliphatic rings. The molecule has 0 spiro atoms. The molecule has 6 heteroatoms. The van der Waals surface area contributed by atoms with Crippen molar-refractivity contribution < 1.29 is 19.4 Å². The second kappa shape index (κ2) is 9.75. The molecule has 1 amide bonds. The summed E-state index contributed by atoms with van der Waals surface area (Å²) in [5, 5.41) is 13.9. The number of pyridine rings is 1. The standard InChI is InChI=1S/C26H22N2O4/c29-25(28-24(26(30)31)13-18-5-2-1-3-6-18)22-9-8-21-15-23(11-10-20(21)14-22)32-17-19-7-4-12-27-16-19/h1-12,14-16,24H,13,17H2,(H,28,29)(H,30,31). The van der Waals surface area contributed by atoms with Gasteiger partial charge < -0.3 is 15.2 Å². The van der Waals surface area contributed by atoms with Crippen LogP contribution in [-0.4, -0.2) is 28.0 Å². The minimum atomic E-state index is -1.07. The van der Waals surface area contributed by atoms with Crippen LogP contribution in [0.1, 0.15) is 21.5 Å². The molecule has 0 radical (unpaired) electrons. The Morgan fingerprint density at radius 2 is 1.66 bits per heavy atom. The summed E-state index contributed by atoms with van der Waals surface area (Å²) in [6.07, 6.45) is 3.69. The summed E-state index contributed by atoms with van der Waals surface area (Å²) in [7, 11) is 0. The average molecular weight is 426 g/mol. The molecule has 160 valence electrons. The fraction of sp³-hybridized carbons (Fsp3) is 0.115. The predicted octanol–water partition coefficient (Wildman–Crippen LogP) is 4.24. The summed E-state index contributed by atoms with van der Waals surface area (Å²) in [6, 6.07) is 22.9. The number of nitrogens with one attached hydrogen (secondary N) is 1. The SMILES string of the molecule is O=C(NC(Cc1ccccc1)C(=O)O)c1ccc2cc(OCc3cccnc3)ccc2c1. The van der Waals surface area contributed by atoms with Gasteiger partial charge in [0.2, 0.25) is 0 Å². The Bertz CT molecular complexity index is 1230. The summed E-state index contributed by atoms with van der Waals surface area (Å²) in [6.45, 7) is 0.415. The lowest BCUT2D eigenvalue weighted by Gasteiger charge is -2.15. The first-order chi connectivity index (χ1) is 15.6. The second-order valence-corrected chi connectivity index (χ2v) is 7.43.